The van der Waals surface area contributed by atoms with Crippen LogP contribution in [0.1, 0.15) is 66.9 Å². The molecule has 1 aliphatic rings. The topological polar surface area (TPSA) is 82.0 Å². The largest absolute Gasteiger partial charge is 0.322 e. The van der Waals surface area contributed by atoms with Crippen LogP contribution in [0.25, 0.3) is 0 Å². The number of rotatable bonds is 7. The normalized spacial score (nSPS) is 15.7. The number of thiophene rings is 1. The lowest BCUT2D eigenvalue weighted by Crippen LogP contribution is -2.26. The average Bonchev–Trinajstić information content (AvgIpc) is 3.23. The van der Waals surface area contributed by atoms with Gasteiger partial charge in [0.2, 0.25) is 5.91 Å². The summed E-state index contributed by atoms with van der Waals surface area (Å²) in [6, 6.07) is 15.0. The number of hydrogen-bond acceptors (Lipinski definition) is 5. The Balaban J connectivity index is 1.44. The van der Waals surface area contributed by atoms with E-state index >= 15 is 0 Å². The van der Waals surface area contributed by atoms with Gasteiger partial charge in [-0.1, -0.05) is 33.8 Å². The zero-order chi connectivity index (χ0) is 27.4. The van der Waals surface area contributed by atoms with E-state index in [9.17, 15) is 19.2 Å². The van der Waals surface area contributed by atoms with Crippen LogP contribution in [-0.4, -0.2) is 17.1 Å². The molecule has 0 radical (unpaired) electrons. The van der Waals surface area contributed by atoms with Gasteiger partial charge >= 0.3 is 0 Å². The summed E-state index contributed by atoms with van der Waals surface area (Å²) in [5.41, 5.74) is 2.85. The van der Waals surface area contributed by atoms with E-state index in [0.29, 0.717) is 34.2 Å². The smallest absolute Gasteiger partial charge is 0.255 e. The molecule has 3 aromatic rings. The van der Waals surface area contributed by atoms with E-state index in [0.717, 1.165) is 29.7 Å². The predicted molar refractivity (Wildman–Crippen MR) is 153 cm³/mol. The number of anilines is 2. The van der Waals surface area contributed by atoms with E-state index in [2.05, 4.69) is 37.5 Å². The summed E-state index contributed by atoms with van der Waals surface area (Å²) in [6.45, 7) is 8.74. The Bertz CT molecular complexity index is 1370. The van der Waals surface area contributed by atoms with Gasteiger partial charge in [-0.05, 0) is 85.0 Å². The summed E-state index contributed by atoms with van der Waals surface area (Å²) < 4.78 is 13.2. The number of hydrogen-bond donors (Lipinski definition) is 2. The molecule has 198 valence electrons. The molecule has 0 spiro atoms. The van der Waals surface area contributed by atoms with Gasteiger partial charge in [0.05, 0.1) is 10.8 Å². The minimum absolute atomic E-state index is 0.138. The highest BCUT2D eigenvalue weighted by molar-refractivity contribution is 8.00. The molecule has 1 aliphatic carbocycles. The third kappa shape index (κ3) is 6.46. The summed E-state index contributed by atoms with van der Waals surface area (Å²) in [5.74, 6) is -0.321. The Morgan fingerprint density at radius 3 is 2.58 bits per heavy atom. The molecule has 2 atom stereocenters. The molecule has 1 aromatic heterocycles. The van der Waals surface area contributed by atoms with E-state index in [-0.39, 0.29) is 22.5 Å². The molecule has 0 fully saturated rings. The van der Waals surface area contributed by atoms with Crippen molar-refractivity contribution in [3.05, 3.63) is 75.9 Å². The Morgan fingerprint density at radius 2 is 1.92 bits per heavy atom. The summed E-state index contributed by atoms with van der Waals surface area (Å²) >= 11 is 2.96. The highest BCUT2D eigenvalue weighted by Crippen LogP contribution is 2.44. The molecular formula is C30H32FN3O2S2. The number of nitrogens with zero attached hydrogens (tertiary/aromatic N) is 1. The number of carbonyl (C=O) groups excluding carboxylic acids is 2. The van der Waals surface area contributed by atoms with Crippen LogP contribution in [0.3, 0.4) is 0 Å². The van der Waals surface area contributed by atoms with Crippen LogP contribution >= 0.6 is 23.1 Å². The summed E-state index contributed by atoms with van der Waals surface area (Å²) in [6.07, 6.45) is 3.46. The fourth-order valence-corrected chi connectivity index (χ4v) is 6.96. The quantitative estimate of drug-likeness (QED) is 0.296. The molecule has 2 unspecified atom stereocenters. The molecule has 2 aromatic carbocycles. The molecule has 8 heteroatoms. The van der Waals surface area contributed by atoms with Crippen LogP contribution in [0.5, 0.6) is 0 Å². The van der Waals surface area contributed by atoms with Crippen LogP contribution in [0.4, 0.5) is 15.1 Å². The minimum Gasteiger partial charge on any atom is -0.322 e. The second kappa shape index (κ2) is 11.7. The lowest BCUT2D eigenvalue weighted by atomic mass is 9.72. The van der Waals surface area contributed by atoms with E-state index < -0.39 is 5.82 Å². The third-order valence-corrected chi connectivity index (χ3v) is 9.51. The van der Waals surface area contributed by atoms with Gasteiger partial charge in [-0.3, -0.25) is 9.59 Å². The lowest BCUT2D eigenvalue weighted by Gasteiger charge is -2.33. The van der Waals surface area contributed by atoms with Gasteiger partial charge in [0.25, 0.3) is 5.91 Å². The maximum absolute atomic E-state index is 13.3. The van der Waals surface area contributed by atoms with Gasteiger partial charge in [0, 0.05) is 21.0 Å². The molecule has 5 nitrogen and oxygen atoms in total. The monoisotopic (exact) mass is 549 g/mol. The van der Waals surface area contributed by atoms with Gasteiger partial charge < -0.3 is 10.6 Å². The van der Waals surface area contributed by atoms with Crippen molar-refractivity contribution in [1.82, 2.24) is 0 Å². The first-order valence-electron chi connectivity index (χ1n) is 12.8. The first-order chi connectivity index (χ1) is 18.1. The number of nitrogens with one attached hydrogen (secondary N) is 2. The van der Waals surface area contributed by atoms with Gasteiger partial charge in [-0.15, -0.1) is 23.1 Å². The van der Waals surface area contributed by atoms with Gasteiger partial charge in [0.15, 0.2) is 0 Å². The summed E-state index contributed by atoms with van der Waals surface area (Å²) in [4.78, 5) is 27.9. The maximum atomic E-state index is 13.3. The standard InChI is InChI=1S/C30H32FN3O2S2/c1-5-25(37-22-8-6-7-21(16-22)33-27(35)18-9-12-20(31)13-10-18)28(36)34-29-24(17-32)23-14-11-19(30(2,3)4)15-26(23)38-29/h6-10,12-13,16,19,25H,5,11,14-15H2,1-4H3,(H,33,35)(H,34,36). The highest BCUT2D eigenvalue weighted by Gasteiger charge is 2.33. The number of benzene rings is 2. The van der Waals surface area contributed by atoms with Gasteiger partial charge in [-0.25, -0.2) is 4.39 Å². The summed E-state index contributed by atoms with van der Waals surface area (Å²) in [7, 11) is 0. The number of halogens is 1. The van der Waals surface area contributed by atoms with E-state index in [4.69, 9.17) is 0 Å². The second-order valence-corrected chi connectivity index (χ2v) is 13.0. The molecule has 2 N–H and O–H groups in total. The molecule has 1 heterocycles. The summed E-state index contributed by atoms with van der Waals surface area (Å²) in [5, 5.41) is 16.0. The maximum Gasteiger partial charge on any atom is 0.255 e. The minimum atomic E-state index is -0.400. The van der Waals surface area contributed by atoms with Crippen LogP contribution in [0, 0.1) is 28.5 Å². The zero-order valence-electron chi connectivity index (χ0n) is 22.1. The highest BCUT2D eigenvalue weighted by atomic mass is 32.2. The number of thioether (sulfide) groups is 1. The van der Waals surface area contributed by atoms with Crippen molar-refractivity contribution in [1.29, 1.82) is 5.26 Å². The first-order valence-corrected chi connectivity index (χ1v) is 14.5. The average molecular weight is 550 g/mol. The second-order valence-electron chi connectivity index (χ2n) is 10.6. The van der Waals surface area contributed by atoms with Crippen LogP contribution in [-0.2, 0) is 17.6 Å². The Labute approximate surface area is 231 Å². The Kier molecular flexibility index (Phi) is 8.59. The number of fused-ring (bicyclic) bond motifs is 1. The molecule has 0 saturated carbocycles. The van der Waals surface area contributed by atoms with Crippen LogP contribution < -0.4 is 10.6 Å². The third-order valence-electron chi connectivity index (χ3n) is 6.98. The molecule has 0 saturated heterocycles. The molecule has 0 bridgehead atoms. The molecule has 0 aliphatic heterocycles. The van der Waals surface area contributed by atoms with E-state index in [1.54, 1.807) is 17.4 Å². The fourth-order valence-electron chi connectivity index (χ4n) is 4.66. The number of carbonyl (C=O) groups is 2. The van der Waals surface area contributed by atoms with Crippen molar-refractivity contribution < 1.29 is 14.0 Å². The SMILES string of the molecule is CCC(Sc1cccc(NC(=O)c2ccc(F)cc2)c1)C(=O)Nc1sc2c(c1C#N)CCC(C(C)(C)C)C2. The van der Waals surface area contributed by atoms with Crippen molar-refractivity contribution >= 4 is 45.6 Å². The van der Waals surface area contributed by atoms with E-state index in [1.807, 2.05) is 25.1 Å². The van der Waals surface area contributed by atoms with Crippen molar-refractivity contribution in [3.63, 3.8) is 0 Å². The molecular weight excluding hydrogens is 517 g/mol. The number of nitriles is 1. The Hall–Kier alpha value is -3.15. The molecule has 2 amide bonds. The molecule has 38 heavy (non-hydrogen) atoms. The zero-order valence-corrected chi connectivity index (χ0v) is 23.7. The first kappa shape index (κ1) is 27.9. The van der Waals surface area contributed by atoms with Crippen molar-refractivity contribution in [2.45, 2.75) is 63.5 Å². The number of amides is 2. The van der Waals surface area contributed by atoms with Crippen LogP contribution in [0.15, 0.2) is 53.4 Å². The van der Waals surface area contributed by atoms with Crippen LogP contribution in [0.2, 0.25) is 0 Å². The predicted octanol–water partition coefficient (Wildman–Crippen LogP) is 7.67. The lowest BCUT2D eigenvalue weighted by molar-refractivity contribution is -0.115. The fraction of sp³-hybridized carbons (Fsp3) is 0.367. The van der Waals surface area contributed by atoms with Gasteiger partial charge in [-0.2, -0.15) is 5.26 Å². The van der Waals surface area contributed by atoms with Gasteiger partial charge in [0.1, 0.15) is 16.9 Å². The Morgan fingerprint density at radius 1 is 1.18 bits per heavy atom. The van der Waals surface area contributed by atoms with Crippen molar-refractivity contribution in [3.8, 4) is 6.07 Å². The van der Waals surface area contributed by atoms with Crippen molar-refractivity contribution in [2.24, 2.45) is 11.3 Å². The van der Waals surface area contributed by atoms with E-state index in [1.165, 1.54) is 40.9 Å². The van der Waals surface area contributed by atoms with Crippen molar-refractivity contribution in [2.75, 3.05) is 10.6 Å². The molecule has 4 rings (SSSR count).